The third kappa shape index (κ3) is 4.44. The van der Waals surface area contributed by atoms with Crippen molar-refractivity contribution in [1.82, 2.24) is 14.9 Å². The van der Waals surface area contributed by atoms with E-state index in [2.05, 4.69) is 18.8 Å². The molecule has 1 aliphatic heterocycles. The molecule has 0 bridgehead atoms. The standard InChI is InChI=1S/C21H27N3O3S2/c1-3-8-24-20(26)18-15-7-6-13(2)10-16(15)29-19(18)23-21(24)28-12-17(25)22-11-14-5-4-9-27-14/h3,13-14H,1,4-12H2,2H3,(H,22,25)/t13-,14+/m0/s1. The summed E-state index contributed by atoms with van der Waals surface area (Å²) in [6.45, 7) is 7.75. The Labute approximate surface area is 178 Å². The largest absolute Gasteiger partial charge is 0.376 e. The molecule has 0 aromatic carbocycles. The fourth-order valence-corrected chi connectivity index (χ4v) is 6.28. The molecule has 1 amide bonds. The SMILES string of the molecule is C=CCn1c(SCC(=O)NC[C@H]2CCCO2)nc2sc3c(c2c1=O)CC[C@H](C)C3. The predicted octanol–water partition coefficient (Wildman–Crippen LogP) is 3.16. The van der Waals surface area contributed by atoms with E-state index >= 15 is 0 Å². The van der Waals surface area contributed by atoms with Gasteiger partial charge in [0.25, 0.3) is 5.56 Å². The molecule has 1 saturated heterocycles. The molecule has 2 aliphatic rings. The number of hydrogen-bond donors (Lipinski definition) is 1. The fourth-order valence-electron chi connectivity index (χ4n) is 4.02. The van der Waals surface area contributed by atoms with Crippen molar-refractivity contribution in [3.8, 4) is 0 Å². The average molecular weight is 434 g/mol. The van der Waals surface area contributed by atoms with Crippen LogP contribution in [-0.2, 0) is 28.9 Å². The molecule has 2 aromatic heterocycles. The molecule has 3 heterocycles. The molecular weight excluding hydrogens is 406 g/mol. The van der Waals surface area contributed by atoms with Gasteiger partial charge in [-0.1, -0.05) is 24.8 Å². The zero-order chi connectivity index (χ0) is 20.4. The number of ether oxygens (including phenoxy) is 1. The van der Waals surface area contributed by atoms with Crippen molar-refractivity contribution >= 4 is 39.2 Å². The van der Waals surface area contributed by atoms with Gasteiger partial charge in [0.05, 0.1) is 17.2 Å². The van der Waals surface area contributed by atoms with Gasteiger partial charge < -0.3 is 10.1 Å². The van der Waals surface area contributed by atoms with Gasteiger partial charge in [-0.05, 0) is 43.6 Å². The van der Waals surface area contributed by atoms with E-state index in [-0.39, 0.29) is 23.3 Å². The number of hydrogen-bond acceptors (Lipinski definition) is 6. The molecule has 1 N–H and O–H groups in total. The van der Waals surface area contributed by atoms with Gasteiger partial charge in [0, 0.05) is 24.6 Å². The molecule has 1 fully saturated rings. The maximum atomic E-state index is 13.2. The van der Waals surface area contributed by atoms with E-state index in [9.17, 15) is 9.59 Å². The van der Waals surface area contributed by atoms with Crippen LogP contribution in [0.25, 0.3) is 10.2 Å². The van der Waals surface area contributed by atoms with Crippen LogP contribution >= 0.6 is 23.1 Å². The minimum absolute atomic E-state index is 0.00998. The van der Waals surface area contributed by atoms with Crippen LogP contribution in [0.1, 0.15) is 36.6 Å². The molecule has 0 unspecified atom stereocenters. The molecule has 29 heavy (non-hydrogen) atoms. The van der Waals surface area contributed by atoms with Gasteiger partial charge in [-0.3, -0.25) is 14.2 Å². The van der Waals surface area contributed by atoms with E-state index < -0.39 is 0 Å². The molecule has 4 rings (SSSR count). The number of aromatic nitrogens is 2. The molecule has 0 radical (unpaired) electrons. The Hall–Kier alpha value is -1.64. The number of amides is 1. The van der Waals surface area contributed by atoms with E-state index in [4.69, 9.17) is 9.72 Å². The van der Waals surface area contributed by atoms with Gasteiger partial charge in [-0.25, -0.2) is 4.98 Å². The van der Waals surface area contributed by atoms with Crippen molar-refractivity contribution in [3.63, 3.8) is 0 Å². The van der Waals surface area contributed by atoms with Crippen LogP contribution in [0.5, 0.6) is 0 Å². The average Bonchev–Trinajstić information content (AvgIpc) is 3.34. The number of aryl methyl sites for hydroxylation is 1. The number of nitrogens with zero attached hydrogens (tertiary/aromatic N) is 2. The van der Waals surface area contributed by atoms with Crippen LogP contribution in [0.4, 0.5) is 0 Å². The lowest BCUT2D eigenvalue weighted by atomic mass is 9.89. The number of carbonyl (C=O) groups excluding carboxylic acids is 1. The third-order valence-electron chi connectivity index (χ3n) is 5.58. The Morgan fingerprint density at radius 2 is 2.34 bits per heavy atom. The highest BCUT2D eigenvalue weighted by Crippen LogP contribution is 2.36. The van der Waals surface area contributed by atoms with E-state index in [0.29, 0.717) is 24.2 Å². The maximum Gasteiger partial charge on any atom is 0.263 e. The Kier molecular flexibility index (Phi) is 6.41. The van der Waals surface area contributed by atoms with Crippen LogP contribution in [-0.4, -0.2) is 40.5 Å². The lowest BCUT2D eigenvalue weighted by molar-refractivity contribution is -0.119. The van der Waals surface area contributed by atoms with Crippen molar-refractivity contribution in [2.45, 2.75) is 56.8 Å². The summed E-state index contributed by atoms with van der Waals surface area (Å²) in [4.78, 5) is 32.4. The van der Waals surface area contributed by atoms with Crippen molar-refractivity contribution in [3.05, 3.63) is 33.4 Å². The number of nitrogens with one attached hydrogen (secondary N) is 1. The summed E-state index contributed by atoms with van der Waals surface area (Å²) in [6, 6.07) is 0. The molecule has 156 valence electrons. The minimum atomic E-state index is -0.0655. The number of carbonyl (C=O) groups is 1. The van der Waals surface area contributed by atoms with Gasteiger partial charge in [0.15, 0.2) is 5.16 Å². The lowest BCUT2D eigenvalue weighted by Crippen LogP contribution is -2.33. The molecular formula is C21H27N3O3S2. The molecule has 1 aliphatic carbocycles. The zero-order valence-corrected chi connectivity index (χ0v) is 18.4. The van der Waals surface area contributed by atoms with Crippen LogP contribution in [0, 0.1) is 5.92 Å². The first-order valence-electron chi connectivity index (χ1n) is 10.2. The van der Waals surface area contributed by atoms with Crippen LogP contribution in [0.15, 0.2) is 22.6 Å². The zero-order valence-electron chi connectivity index (χ0n) is 16.7. The van der Waals surface area contributed by atoms with Gasteiger partial charge in [0.2, 0.25) is 5.91 Å². The Morgan fingerprint density at radius 1 is 1.48 bits per heavy atom. The van der Waals surface area contributed by atoms with Gasteiger partial charge in [-0.2, -0.15) is 0 Å². The molecule has 8 heteroatoms. The Morgan fingerprint density at radius 3 is 3.10 bits per heavy atom. The smallest absolute Gasteiger partial charge is 0.263 e. The summed E-state index contributed by atoms with van der Waals surface area (Å²) >= 11 is 2.95. The summed E-state index contributed by atoms with van der Waals surface area (Å²) in [5.74, 6) is 0.806. The predicted molar refractivity (Wildman–Crippen MR) is 118 cm³/mol. The van der Waals surface area contributed by atoms with E-state index in [0.717, 1.165) is 48.9 Å². The molecule has 0 spiro atoms. The van der Waals surface area contributed by atoms with Crippen molar-refractivity contribution in [2.75, 3.05) is 18.9 Å². The molecule has 0 saturated carbocycles. The van der Waals surface area contributed by atoms with Gasteiger partial charge in [-0.15, -0.1) is 17.9 Å². The topological polar surface area (TPSA) is 73.2 Å². The van der Waals surface area contributed by atoms with E-state index in [1.165, 1.54) is 22.2 Å². The first kappa shape index (κ1) is 20.6. The Bertz CT molecular complexity index is 976. The van der Waals surface area contributed by atoms with Crippen LogP contribution in [0.2, 0.25) is 0 Å². The quantitative estimate of drug-likeness (QED) is 0.413. The Balaban J connectivity index is 1.54. The normalized spacial score (nSPS) is 21.3. The van der Waals surface area contributed by atoms with E-state index in [1.54, 1.807) is 22.0 Å². The summed E-state index contributed by atoms with van der Waals surface area (Å²) in [5, 5.41) is 4.28. The first-order chi connectivity index (χ1) is 14.1. The number of thiophene rings is 1. The second kappa shape index (κ2) is 9.02. The number of fused-ring (bicyclic) bond motifs is 3. The highest BCUT2D eigenvalue weighted by molar-refractivity contribution is 7.99. The summed E-state index contributed by atoms with van der Waals surface area (Å²) in [7, 11) is 0. The van der Waals surface area contributed by atoms with E-state index in [1.807, 2.05) is 0 Å². The monoisotopic (exact) mass is 433 g/mol. The second-order valence-electron chi connectivity index (χ2n) is 7.86. The summed E-state index contributed by atoms with van der Waals surface area (Å²) < 4.78 is 7.19. The maximum absolute atomic E-state index is 13.2. The third-order valence-corrected chi connectivity index (χ3v) is 7.70. The molecule has 2 aromatic rings. The number of rotatable bonds is 7. The van der Waals surface area contributed by atoms with Crippen molar-refractivity contribution in [2.24, 2.45) is 5.92 Å². The lowest BCUT2D eigenvalue weighted by Gasteiger charge is -2.17. The molecule has 2 atom stereocenters. The van der Waals surface area contributed by atoms with Crippen LogP contribution < -0.4 is 10.9 Å². The van der Waals surface area contributed by atoms with Crippen molar-refractivity contribution in [1.29, 1.82) is 0 Å². The summed E-state index contributed by atoms with van der Waals surface area (Å²) in [6.07, 6.45) is 6.95. The number of allylic oxidation sites excluding steroid dienone is 1. The van der Waals surface area contributed by atoms with Crippen molar-refractivity contribution < 1.29 is 9.53 Å². The summed E-state index contributed by atoms with van der Waals surface area (Å²) in [5.41, 5.74) is 1.17. The highest BCUT2D eigenvalue weighted by Gasteiger charge is 2.25. The fraction of sp³-hybridized carbons (Fsp3) is 0.571. The van der Waals surface area contributed by atoms with Crippen LogP contribution in [0.3, 0.4) is 0 Å². The molecule has 6 nitrogen and oxygen atoms in total. The minimum Gasteiger partial charge on any atom is -0.376 e. The van der Waals surface area contributed by atoms with Gasteiger partial charge in [0.1, 0.15) is 4.83 Å². The first-order valence-corrected chi connectivity index (χ1v) is 12.0. The highest BCUT2D eigenvalue weighted by atomic mass is 32.2. The second-order valence-corrected chi connectivity index (χ2v) is 9.88. The van der Waals surface area contributed by atoms with Gasteiger partial charge >= 0.3 is 0 Å². The number of thioether (sulfide) groups is 1.